The van der Waals surface area contributed by atoms with Gasteiger partial charge in [0.1, 0.15) is 11.4 Å². The first-order chi connectivity index (χ1) is 19.8. The van der Waals surface area contributed by atoms with E-state index in [1.165, 1.54) is 50.5 Å². The molecule has 0 bridgehead atoms. The molecule has 2 N–H and O–H groups in total. The van der Waals surface area contributed by atoms with Crippen LogP contribution in [0.2, 0.25) is 0 Å². The number of hydrogen-bond acceptors (Lipinski definition) is 5. The number of carboxylic acid groups (broad SMARTS) is 2. The number of thioether (sulfide) groups is 1. The Kier molecular flexibility index (Phi) is 10.9. The summed E-state index contributed by atoms with van der Waals surface area (Å²) in [6.07, 6.45) is 14.8. The molecule has 4 rings (SSSR count). The van der Waals surface area contributed by atoms with Gasteiger partial charge in [-0.25, -0.2) is 0 Å². The fourth-order valence-electron chi connectivity index (χ4n) is 10.2. The van der Waals surface area contributed by atoms with Gasteiger partial charge in [-0.05, 0) is 104 Å². The smallest absolute Gasteiger partial charge is 0.319 e. The summed E-state index contributed by atoms with van der Waals surface area (Å²) in [6, 6.07) is 0. The molecule has 3 fully saturated rings. The van der Waals surface area contributed by atoms with Crippen LogP contribution in [0.5, 0.6) is 0 Å². The van der Waals surface area contributed by atoms with Gasteiger partial charge >= 0.3 is 17.9 Å². The van der Waals surface area contributed by atoms with Gasteiger partial charge in [-0.15, -0.1) is 11.8 Å². The number of carbonyl (C=O) groups is 3. The minimum atomic E-state index is -1.12. The van der Waals surface area contributed by atoms with Gasteiger partial charge in [-0.2, -0.15) is 0 Å². The lowest BCUT2D eigenvalue weighted by Crippen LogP contribution is -2.51. The number of ether oxygens (including phenoxy) is 1. The molecule has 0 aromatic heterocycles. The van der Waals surface area contributed by atoms with Crippen LogP contribution in [0.25, 0.3) is 0 Å². The van der Waals surface area contributed by atoms with Crippen LogP contribution in [0.4, 0.5) is 0 Å². The number of fused-ring (bicyclic) bond motifs is 5. The van der Waals surface area contributed by atoms with Crippen molar-refractivity contribution < 1.29 is 29.3 Å². The standard InChI is InChI=1S/C35H56O6S/c1-7-23(21(2)3)9-8-22(4)27-12-13-28-26-11-10-24-18-25(14-16-34(24,5)29(26)15-17-35(27,28)6)41-33(40)30(19-31(36)37)42-20-32(38)39/h10,21-23,25-30H,7-9,11-20H2,1-6H3,(H,36,37)(H,38,39)/t22-,23-,25+,26+,27-,28+,29+,30?,34+,35-/m1/s1. The molecule has 238 valence electrons. The van der Waals surface area contributed by atoms with Gasteiger partial charge in [-0.3, -0.25) is 14.4 Å². The number of esters is 1. The summed E-state index contributed by atoms with van der Waals surface area (Å²) >= 11 is 0.839. The highest BCUT2D eigenvalue weighted by atomic mass is 32.2. The van der Waals surface area contributed by atoms with E-state index in [-0.39, 0.29) is 17.3 Å². The molecule has 0 saturated heterocycles. The van der Waals surface area contributed by atoms with E-state index < -0.39 is 29.6 Å². The van der Waals surface area contributed by atoms with E-state index in [9.17, 15) is 19.5 Å². The molecule has 42 heavy (non-hydrogen) atoms. The normalized spacial score (nSPS) is 36.2. The van der Waals surface area contributed by atoms with Crippen LogP contribution in [-0.4, -0.2) is 45.2 Å². The molecule has 3 saturated carbocycles. The van der Waals surface area contributed by atoms with Gasteiger partial charge < -0.3 is 14.9 Å². The molecule has 4 aliphatic carbocycles. The molecule has 1 unspecified atom stereocenters. The van der Waals surface area contributed by atoms with Crippen molar-refractivity contribution in [3.63, 3.8) is 0 Å². The van der Waals surface area contributed by atoms with Crippen molar-refractivity contribution in [1.29, 1.82) is 0 Å². The first-order valence-electron chi connectivity index (χ1n) is 16.7. The number of rotatable bonds is 13. The number of carbonyl (C=O) groups excluding carboxylic acids is 1. The number of aliphatic carboxylic acids is 2. The third kappa shape index (κ3) is 6.91. The lowest BCUT2D eigenvalue weighted by atomic mass is 9.47. The Balaban J connectivity index is 1.40. The Labute approximate surface area is 258 Å². The van der Waals surface area contributed by atoms with Crippen molar-refractivity contribution in [1.82, 2.24) is 0 Å². The summed E-state index contributed by atoms with van der Waals surface area (Å²) in [5.41, 5.74) is 2.01. The maximum Gasteiger partial charge on any atom is 0.319 e. The van der Waals surface area contributed by atoms with Crippen LogP contribution in [0, 0.1) is 52.3 Å². The van der Waals surface area contributed by atoms with Gasteiger partial charge in [-0.1, -0.05) is 66.0 Å². The Bertz CT molecular complexity index is 1020. The van der Waals surface area contributed by atoms with E-state index >= 15 is 0 Å². The molecule has 0 radical (unpaired) electrons. The van der Waals surface area contributed by atoms with E-state index in [1.807, 2.05) is 0 Å². The predicted molar refractivity (Wildman–Crippen MR) is 168 cm³/mol. The summed E-state index contributed by atoms with van der Waals surface area (Å²) in [5.74, 6) is 2.34. The van der Waals surface area contributed by atoms with Gasteiger partial charge in [0.15, 0.2) is 0 Å². The Morgan fingerprint density at radius 3 is 2.38 bits per heavy atom. The lowest BCUT2D eigenvalue weighted by molar-refractivity contribution is -0.153. The maximum atomic E-state index is 12.9. The van der Waals surface area contributed by atoms with Crippen molar-refractivity contribution in [2.24, 2.45) is 52.3 Å². The van der Waals surface area contributed by atoms with Gasteiger partial charge in [0.2, 0.25) is 0 Å². The van der Waals surface area contributed by atoms with Crippen LogP contribution in [0.1, 0.15) is 119 Å². The Morgan fingerprint density at radius 1 is 1.00 bits per heavy atom. The topological polar surface area (TPSA) is 101 Å². The van der Waals surface area contributed by atoms with Crippen LogP contribution >= 0.6 is 11.8 Å². The first kappa shape index (κ1) is 33.4. The zero-order chi connectivity index (χ0) is 30.8. The van der Waals surface area contributed by atoms with E-state index in [0.29, 0.717) is 17.8 Å². The fraction of sp³-hybridized carbons (Fsp3) is 0.857. The third-order valence-corrected chi connectivity index (χ3v) is 13.8. The highest BCUT2D eigenvalue weighted by Gasteiger charge is 2.59. The zero-order valence-corrected chi connectivity index (χ0v) is 27.7. The summed E-state index contributed by atoms with van der Waals surface area (Å²) in [4.78, 5) is 35.2. The van der Waals surface area contributed by atoms with Gasteiger partial charge in [0, 0.05) is 6.42 Å². The molecule has 0 aromatic rings. The van der Waals surface area contributed by atoms with Crippen molar-refractivity contribution in [2.75, 3.05) is 5.75 Å². The van der Waals surface area contributed by atoms with E-state index in [4.69, 9.17) is 9.84 Å². The summed E-state index contributed by atoms with van der Waals surface area (Å²) in [7, 11) is 0. The Morgan fingerprint density at radius 2 is 1.74 bits per heavy atom. The minimum Gasteiger partial charge on any atom is -0.481 e. The lowest BCUT2D eigenvalue weighted by Gasteiger charge is -2.58. The summed E-state index contributed by atoms with van der Waals surface area (Å²) in [5, 5.41) is 17.2. The van der Waals surface area contributed by atoms with E-state index in [0.717, 1.165) is 66.5 Å². The first-order valence-corrected chi connectivity index (χ1v) is 17.8. The number of carboxylic acids is 2. The third-order valence-electron chi connectivity index (χ3n) is 12.6. The van der Waals surface area contributed by atoms with Crippen LogP contribution in [-0.2, 0) is 19.1 Å². The highest BCUT2D eigenvalue weighted by molar-refractivity contribution is 8.01. The Hall–Kier alpha value is -1.50. The van der Waals surface area contributed by atoms with Crippen molar-refractivity contribution in [3.05, 3.63) is 11.6 Å². The molecule has 10 atom stereocenters. The molecule has 0 amide bonds. The second-order valence-corrected chi connectivity index (χ2v) is 16.2. The van der Waals surface area contributed by atoms with Crippen LogP contribution < -0.4 is 0 Å². The molecule has 4 aliphatic rings. The van der Waals surface area contributed by atoms with Gasteiger partial charge in [0.05, 0.1) is 12.2 Å². The van der Waals surface area contributed by atoms with Crippen LogP contribution in [0.3, 0.4) is 0 Å². The molecule has 0 heterocycles. The highest BCUT2D eigenvalue weighted by Crippen LogP contribution is 2.67. The minimum absolute atomic E-state index is 0.140. The van der Waals surface area contributed by atoms with Crippen LogP contribution in [0.15, 0.2) is 11.6 Å². The van der Waals surface area contributed by atoms with Crippen molar-refractivity contribution in [2.45, 2.75) is 130 Å². The quantitative estimate of drug-likeness (QED) is 0.161. The van der Waals surface area contributed by atoms with E-state index in [2.05, 4.69) is 47.6 Å². The monoisotopic (exact) mass is 604 g/mol. The zero-order valence-electron chi connectivity index (χ0n) is 26.9. The van der Waals surface area contributed by atoms with Crippen molar-refractivity contribution in [3.8, 4) is 0 Å². The molecule has 6 nitrogen and oxygen atoms in total. The SMILES string of the molecule is CC[C@H](CC[C@@H](C)[C@H]1CC[C@H]2[C@@H]3CC=C4C[C@@H](OC(=O)C(CC(=O)O)SCC(=O)O)CC[C@]4(C)[C@H]3CC[C@]12C)C(C)C. The second-order valence-electron chi connectivity index (χ2n) is 15.0. The largest absolute Gasteiger partial charge is 0.481 e. The predicted octanol–water partition coefficient (Wildman–Crippen LogP) is 8.24. The summed E-state index contributed by atoms with van der Waals surface area (Å²) in [6.45, 7) is 14.8. The molecular weight excluding hydrogens is 548 g/mol. The van der Waals surface area contributed by atoms with Gasteiger partial charge in [0.25, 0.3) is 0 Å². The average Bonchev–Trinajstić information content (AvgIpc) is 3.28. The fourth-order valence-corrected chi connectivity index (χ4v) is 11.0. The average molecular weight is 605 g/mol. The molecule has 0 spiro atoms. The maximum absolute atomic E-state index is 12.9. The number of allylic oxidation sites excluding steroid dienone is 1. The molecule has 7 heteroatoms. The molecule has 0 aromatic carbocycles. The molecular formula is C35H56O6S. The number of hydrogen-bond donors (Lipinski definition) is 2. The summed E-state index contributed by atoms with van der Waals surface area (Å²) < 4.78 is 5.85. The second kappa shape index (κ2) is 13.6. The molecule has 0 aliphatic heterocycles. The van der Waals surface area contributed by atoms with Crippen molar-refractivity contribution >= 4 is 29.7 Å². The van der Waals surface area contributed by atoms with E-state index in [1.54, 1.807) is 0 Å².